The Morgan fingerprint density at radius 2 is 2.00 bits per heavy atom. The van der Waals surface area contributed by atoms with Gasteiger partial charge in [0.25, 0.3) is 0 Å². The maximum Gasteiger partial charge on any atom is 0.142 e. The predicted molar refractivity (Wildman–Crippen MR) is 43.7 cm³/mol. The van der Waals surface area contributed by atoms with Crippen molar-refractivity contribution in [3.63, 3.8) is 0 Å². The van der Waals surface area contributed by atoms with Gasteiger partial charge in [-0.3, -0.25) is 4.79 Å². The van der Waals surface area contributed by atoms with Crippen molar-refractivity contribution in [2.24, 2.45) is 17.3 Å². The number of carbonyl (C=O) groups excluding carboxylic acids is 1. The Kier molecular flexibility index (Phi) is 0.885. The molecule has 4 fully saturated rings. The van der Waals surface area contributed by atoms with Gasteiger partial charge in [0.15, 0.2) is 0 Å². The Labute approximate surface area is 72.3 Å². The quantitative estimate of drug-likeness (QED) is 0.509. The molecule has 4 rings (SSSR count). The summed E-state index contributed by atoms with van der Waals surface area (Å²) in [7, 11) is 0. The highest BCUT2D eigenvalue weighted by molar-refractivity contribution is 5.93. The van der Waals surface area contributed by atoms with Crippen molar-refractivity contribution in [2.75, 3.05) is 0 Å². The topological polar surface area (TPSA) is 29.6 Å². The third-order valence-electron chi connectivity index (χ3n) is 4.26. The molecular weight excluding hydrogens is 152 g/mol. The largest absolute Gasteiger partial charge is 0.365 e. The lowest BCUT2D eigenvalue weighted by atomic mass is 9.49. The van der Waals surface area contributed by atoms with Crippen molar-refractivity contribution in [3.8, 4) is 0 Å². The summed E-state index contributed by atoms with van der Waals surface area (Å²) < 4.78 is 5.68. The monoisotopic (exact) mass is 166 g/mol. The Hall–Kier alpha value is -0.370. The summed E-state index contributed by atoms with van der Waals surface area (Å²) in [4.78, 5) is 11.6. The van der Waals surface area contributed by atoms with E-state index in [-0.39, 0.29) is 16.9 Å². The van der Waals surface area contributed by atoms with Gasteiger partial charge in [0.1, 0.15) is 11.4 Å². The molecule has 0 aromatic rings. The molecule has 2 nitrogen and oxygen atoms in total. The van der Waals surface area contributed by atoms with E-state index in [0.29, 0.717) is 17.8 Å². The molecule has 0 amide bonds. The van der Waals surface area contributed by atoms with Gasteiger partial charge in [0, 0.05) is 11.3 Å². The minimum atomic E-state index is -0.0741. The number of ketones is 1. The summed E-state index contributed by atoms with van der Waals surface area (Å²) in [6, 6.07) is 0. The summed E-state index contributed by atoms with van der Waals surface area (Å²) in [5, 5.41) is 0. The summed E-state index contributed by atoms with van der Waals surface area (Å²) in [6.45, 7) is 6.43. The van der Waals surface area contributed by atoms with Crippen LogP contribution in [0.3, 0.4) is 0 Å². The van der Waals surface area contributed by atoms with Gasteiger partial charge in [-0.15, -0.1) is 0 Å². The first-order valence-corrected chi connectivity index (χ1v) is 4.69. The van der Waals surface area contributed by atoms with Gasteiger partial charge in [0.05, 0.1) is 12.0 Å². The molecule has 0 spiro atoms. The van der Waals surface area contributed by atoms with Crippen molar-refractivity contribution in [1.82, 2.24) is 0 Å². The zero-order chi connectivity index (χ0) is 8.72. The average Bonchev–Trinajstić information content (AvgIpc) is 2.59. The van der Waals surface area contributed by atoms with Crippen molar-refractivity contribution < 1.29 is 9.53 Å². The van der Waals surface area contributed by atoms with Crippen molar-refractivity contribution in [1.29, 1.82) is 0 Å². The number of ether oxygens (including phenoxy) is 1. The molecule has 0 aromatic carbocycles. The molecule has 0 N–H and O–H groups in total. The van der Waals surface area contributed by atoms with Crippen molar-refractivity contribution in [2.45, 2.75) is 38.9 Å². The molecule has 12 heavy (non-hydrogen) atoms. The lowest BCUT2D eigenvalue weighted by Crippen LogP contribution is -2.59. The molecule has 2 heteroatoms. The van der Waals surface area contributed by atoms with Crippen LogP contribution in [0.4, 0.5) is 0 Å². The summed E-state index contributed by atoms with van der Waals surface area (Å²) in [5.41, 5.74) is 0.0237. The van der Waals surface area contributed by atoms with Crippen LogP contribution in [0.25, 0.3) is 0 Å². The first-order valence-electron chi connectivity index (χ1n) is 4.69. The maximum atomic E-state index is 11.6. The van der Waals surface area contributed by atoms with Gasteiger partial charge in [-0.1, -0.05) is 13.8 Å². The van der Waals surface area contributed by atoms with Crippen LogP contribution >= 0.6 is 0 Å². The van der Waals surface area contributed by atoms with Crippen LogP contribution in [-0.2, 0) is 9.53 Å². The van der Waals surface area contributed by atoms with E-state index in [4.69, 9.17) is 4.74 Å². The van der Waals surface area contributed by atoms with E-state index in [0.717, 1.165) is 6.42 Å². The van der Waals surface area contributed by atoms with Crippen LogP contribution < -0.4 is 0 Å². The fourth-order valence-electron chi connectivity index (χ4n) is 3.30. The fourth-order valence-corrected chi connectivity index (χ4v) is 3.30. The lowest BCUT2D eigenvalue weighted by molar-refractivity contribution is -0.148. The summed E-state index contributed by atoms with van der Waals surface area (Å²) in [5.74, 6) is 0.986. The van der Waals surface area contributed by atoms with Crippen LogP contribution in [0.15, 0.2) is 0 Å². The molecule has 1 aliphatic heterocycles. The van der Waals surface area contributed by atoms with E-state index in [1.807, 2.05) is 0 Å². The van der Waals surface area contributed by atoms with Crippen molar-refractivity contribution >= 4 is 5.78 Å². The molecule has 1 saturated heterocycles. The van der Waals surface area contributed by atoms with Crippen molar-refractivity contribution in [3.05, 3.63) is 0 Å². The molecule has 3 aliphatic carbocycles. The SMILES string of the molecule is CC1(C)C2CC(C2=O)C2(C)OC12. The summed E-state index contributed by atoms with van der Waals surface area (Å²) >= 11 is 0. The van der Waals surface area contributed by atoms with E-state index in [9.17, 15) is 4.79 Å². The molecule has 2 bridgehead atoms. The standard InChI is InChI=1S/C10H14O2/c1-9(2)5-4-6(7(5)11)10(3)8(9)12-10/h5-6,8H,4H2,1-3H3. The van der Waals surface area contributed by atoms with E-state index >= 15 is 0 Å². The zero-order valence-electron chi connectivity index (χ0n) is 7.76. The zero-order valence-corrected chi connectivity index (χ0v) is 7.76. The fraction of sp³-hybridized carbons (Fsp3) is 0.900. The number of hydrogen-bond acceptors (Lipinski definition) is 2. The van der Waals surface area contributed by atoms with E-state index in [1.54, 1.807) is 0 Å². The molecule has 4 aliphatic rings. The predicted octanol–water partition coefficient (Wildman–Crippen LogP) is 1.39. The third-order valence-corrected chi connectivity index (χ3v) is 4.26. The van der Waals surface area contributed by atoms with Gasteiger partial charge in [0.2, 0.25) is 0 Å². The van der Waals surface area contributed by atoms with E-state index in [1.165, 1.54) is 0 Å². The molecule has 4 unspecified atom stereocenters. The molecular formula is C10H14O2. The normalized spacial score (nSPS) is 58.9. The highest BCUT2D eigenvalue weighted by Gasteiger charge is 2.77. The van der Waals surface area contributed by atoms with Crippen LogP contribution in [0, 0.1) is 17.3 Å². The Balaban J connectivity index is 2.07. The second-order valence-corrected chi connectivity index (χ2v) is 5.25. The van der Waals surface area contributed by atoms with Gasteiger partial charge in [-0.05, 0) is 13.3 Å². The van der Waals surface area contributed by atoms with E-state index < -0.39 is 0 Å². The molecule has 0 aromatic heterocycles. The number of Topliss-reactive ketones (excluding diaryl/α,β-unsaturated/α-hetero) is 1. The lowest BCUT2D eigenvalue weighted by Gasteiger charge is -2.49. The first kappa shape index (κ1) is 7.07. The second kappa shape index (κ2) is 1.50. The maximum absolute atomic E-state index is 11.6. The molecule has 66 valence electrons. The van der Waals surface area contributed by atoms with Crippen LogP contribution in [0.1, 0.15) is 27.2 Å². The Morgan fingerprint density at radius 1 is 1.33 bits per heavy atom. The smallest absolute Gasteiger partial charge is 0.142 e. The molecule has 0 radical (unpaired) electrons. The first-order chi connectivity index (χ1) is 5.48. The number of hydrogen-bond donors (Lipinski definition) is 0. The Bertz CT molecular complexity index is 282. The van der Waals surface area contributed by atoms with Crippen LogP contribution in [0.2, 0.25) is 0 Å². The third kappa shape index (κ3) is 0.481. The average molecular weight is 166 g/mol. The molecule has 4 atom stereocenters. The molecule has 1 heterocycles. The number of epoxide rings is 1. The Morgan fingerprint density at radius 3 is 2.50 bits per heavy atom. The highest BCUT2D eigenvalue weighted by atomic mass is 16.6. The van der Waals surface area contributed by atoms with E-state index in [2.05, 4.69) is 20.8 Å². The van der Waals surface area contributed by atoms with Crippen LogP contribution in [0.5, 0.6) is 0 Å². The summed E-state index contributed by atoms with van der Waals surface area (Å²) in [6.07, 6.45) is 1.42. The number of rotatable bonds is 0. The van der Waals surface area contributed by atoms with Gasteiger partial charge >= 0.3 is 0 Å². The number of carbonyl (C=O) groups is 1. The molecule has 3 saturated carbocycles. The van der Waals surface area contributed by atoms with Gasteiger partial charge in [-0.25, -0.2) is 0 Å². The van der Waals surface area contributed by atoms with Crippen LogP contribution in [-0.4, -0.2) is 17.5 Å². The van der Waals surface area contributed by atoms with Gasteiger partial charge in [-0.2, -0.15) is 0 Å². The minimum absolute atomic E-state index is 0.0741. The minimum Gasteiger partial charge on any atom is -0.365 e. The highest BCUT2D eigenvalue weighted by Crippen LogP contribution is 2.67. The van der Waals surface area contributed by atoms with Gasteiger partial charge < -0.3 is 4.74 Å². The second-order valence-electron chi connectivity index (χ2n) is 5.25.